The number of hydrogen-bond donors (Lipinski definition) is 2. The minimum absolute atomic E-state index is 0.0513. The highest BCUT2D eigenvalue weighted by Gasteiger charge is 2.24. The summed E-state index contributed by atoms with van der Waals surface area (Å²) < 4.78 is 9.75. The van der Waals surface area contributed by atoms with Crippen molar-refractivity contribution in [2.45, 2.75) is 0 Å². The maximum Gasteiger partial charge on any atom is 0.410 e. The number of hydrogen-bond acceptors (Lipinski definition) is 5. The summed E-state index contributed by atoms with van der Waals surface area (Å²) in [5.41, 5.74) is 6.67. The molecule has 1 aliphatic rings. The van der Waals surface area contributed by atoms with E-state index in [2.05, 4.69) is 5.32 Å². The monoisotopic (exact) mass is 265 g/mol. The van der Waals surface area contributed by atoms with Gasteiger partial charge in [-0.25, -0.2) is 4.79 Å². The van der Waals surface area contributed by atoms with Gasteiger partial charge in [0, 0.05) is 6.07 Å². The zero-order chi connectivity index (χ0) is 13.8. The molecule has 7 nitrogen and oxygen atoms in total. The molecule has 1 aromatic rings. The van der Waals surface area contributed by atoms with Crippen LogP contribution in [0.2, 0.25) is 0 Å². The second kappa shape index (κ2) is 5.47. The Morgan fingerprint density at radius 3 is 2.95 bits per heavy atom. The molecule has 0 radical (unpaired) electrons. The number of benzene rings is 1. The van der Waals surface area contributed by atoms with Gasteiger partial charge in [-0.15, -0.1) is 0 Å². The van der Waals surface area contributed by atoms with Gasteiger partial charge in [0.05, 0.1) is 25.0 Å². The summed E-state index contributed by atoms with van der Waals surface area (Å²) >= 11 is 0. The van der Waals surface area contributed by atoms with Crippen LogP contribution in [0.5, 0.6) is 5.75 Å². The molecule has 1 aliphatic heterocycles. The molecule has 0 aromatic heterocycles. The first kappa shape index (κ1) is 13.0. The average Bonchev–Trinajstić information content (AvgIpc) is 2.77. The molecule has 0 atom stereocenters. The fourth-order valence-electron chi connectivity index (χ4n) is 1.71. The Kier molecular flexibility index (Phi) is 3.74. The molecule has 2 amide bonds. The van der Waals surface area contributed by atoms with E-state index in [1.807, 2.05) is 0 Å². The first-order valence-electron chi connectivity index (χ1n) is 5.75. The number of amides is 2. The van der Waals surface area contributed by atoms with Crippen LogP contribution in [0.1, 0.15) is 0 Å². The molecular formula is C12H15N3O4. The predicted molar refractivity (Wildman–Crippen MR) is 69.0 cm³/mol. The van der Waals surface area contributed by atoms with Crippen LogP contribution in [0.3, 0.4) is 0 Å². The zero-order valence-electron chi connectivity index (χ0n) is 10.5. The first-order chi connectivity index (χ1) is 9.10. The second-order valence-electron chi connectivity index (χ2n) is 4.04. The highest BCUT2D eigenvalue weighted by Crippen LogP contribution is 2.23. The number of anilines is 2. The fraction of sp³-hybridized carbons (Fsp3) is 0.333. The Morgan fingerprint density at radius 2 is 2.37 bits per heavy atom. The van der Waals surface area contributed by atoms with Gasteiger partial charge < -0.3 is 20.5 Å². The molecule has 1 heterocycles. The molecule has 7 heteroatoms. The molecule has 1 saturated heterocycles. The molecule has 102 valence electrons. The van der Waals surface area contributed by atoms with Crippen molar-refractivity contribution in [3.05, 3.63) is 18.2 Å². The molecular weight excluding hydrogens is 250 g/mol. The predicted octanol–water partition coefficient (Wildman–Crippen LogP) is 0.668. The molecule has 0 aliphatic carbocycles. The van der Waals surface area contributed by atoms with Crippen LogP contribution in [0, 0.1) is 0 Å². The van der Waals surface area contributed by atoms with E-state index in [0.29, 0.717) is 30.3 Å². The second-order valence-corrected chi connectivity index (χ2v) is 4.04. The van der Waals surface area contributed by atoms with E-state index in [9.17, 15) is 9.59 Å². The van der Waals surface area contributed by atoms with Crippen molar-refractivity contribution in [2.75, 3.05) is 37.9 Å². The number of nitrogens with one attached hydrogen (secondary N) is 1. The number of cyclic esters (lactones) is 1. The summed E-state index contributed by atoms with van der Waals surface area (Å²) in [6.45, 7) is 0.686. The van der Waals surface area contributed by atoms with E-state index in [1.54, 1.807) is 18.2 Å². The molecule has 1 aromatic carbocycles. The van der Waals surface area contributed by atoms with Crippen molar-refractivity contribution in [1.29, 1.82) is 0 Å². The van der Waals surface area contributed by atoms with Crippen molar-refractivity contribution in [1.82, 2.24) is 4.90 Å². The molecule has 0 spiro atoms. The molecule has 19 heavy (non-hydrogen) atoms. The molecule has 0 bridgehead atoms. The van der Waals surface area contributed by atoms with E-state index >= 15 is 0 Å². The van der Waals surface area contributed by atoms with Crippen LogP contribution in [0.4, 0.5) is 16.2 Å². The molecule has 0 saturated carbocycles. The van der Waals surface area contributed by atoms with Gasteiger partial charge in [-0.2, -0.15) is 0 Å². The third-order valence-electron chi connectivity index (χ3n) is 2.71. The molecule has 0 unspecified atom stereocenters. The summed E-state index contributed by atoms with van der Waals surface area (Å²) in [5.74, 6) is 0.286. The molecule has 3 N–H and O–H groups in total. The summed E-state index contributed by atoms with van der Waals surface area (Å²) in [5, 5.41) is 2.64. The van der Waals surface area contributed by atoms with E-state index in [-0.39, 0.29) is 12.5 Å². The first-order valence-corrected chi connectivity index (χ1v) is 5.75. The Labute approximate surface area is 110 Å². The SMILES string of the molecule is COc1ccc(NC(=O)CN2CCOC2=O)c(N)c1. The van der Waals surface area contributed by atoms with Gasteiger partial charge in [0.2, 0.25) is 5.91 Å². The van der Waals surface area contributed by atoms with E-state index in [4.69, 9.17) is 15.2 Å². The number of nitrogens with two attached hydrogens (primary N) is 1. The van der Waals surface area contributed by atoms with Crippen molar-refractivity contribution in [3.8, 4) is 5.75 Å². The summed E-state index contributed by atoms with van der Waals surface area (Å²) in [6, 6.07) is 4.95. The van der Waals surface area contributed by atoms with Crippen LogP contribution in [0.25, 0.3) is 0 Å². The Morgan fingerprint density at radius 1 is 1.58 bits per heavy atom. The average molecular weight is 265 g/mol. The van der Waals surface area contributed by atoms with Gasteiger partial charge in [0.1, 0.15) is 18.9 Å². The van der Waals surface area contributed by atoms with Gasteiger partial charge in [-0.05, 0) is 12.1 Å². The van der Waals surface area contributed by atoms with Gasteiger partial charge in [0.15, 0.2) is 0 Å². The highest BCUT2D eigenvalue weighted by atomic mass is 16.6. The molecule has 1 fully saturated rings. The summed E-state index contributed by atoms with van der Waals surface area (Å²) in [4.78, 5) is 24.3. The molecule has 2 rings (SSSR count). The van der Waals surface area contributed by atoms with Gasteiger partial charge in [-0.1, -0.05) is 0 Å². The van der Waals surface area contributed by atoms with Gasteiger partial charge in [-0.3, -0.25) is 9.69 Å². The normalized spacial score (nSPS) is 14.2. The third-order valence-corrected chi connectivity index (χ3v) is 2.71. The number of ether oxygens (including phenoxy) is 2. The number of rotatable bonds is 4. The van der Waals surface area contributed by atoms with Crippen LogP contribution < -0.4 is 15.8 Å². The maximum absolute atomic E-state index is 11.8. The van der Waals surface area contributed by atoms with Gasteiger partial charge >= 0.3 is 6.09 Å². The number of methoxy groups -OCH3 is 1. The smallest absolute Gasteiger partial charge is 0.410 e. The minimum atomic E-state index is -0.474. The van der Waals surface area contributed by atoms with Crippen molar-refractivity contribution >= 4 is 23.4 Å². The largest absolute Gasteiger partial charge is 0.497 e. The van der Waals surface area contributed by atoms with Gasteiger partial charge in [0.25, 0.3) is 0 Å². The van der Waals surface area contributed by atoms with Crippen LogP contribution in [-0.4, -0.2) is 43.7 Å². The topological polar surface area (TPSA) is 93.9 Å². The van der Waals surface area contributed by atoms with E-state index in [0.717, 1.165) is 0 Å². The van der Waals surface area contributed by atoms with Crippen molar-refractivity contribution in [3.63, 3.8) is 0 Å². The Balaban J connectivity index is 1.97. The lowest BCUT2D eigenvalue weighted by molar-refractivity contribution is -0.116. The minimum Gasteiger partial charge on any atom is -0.497 e. The Hall–Kier alpha value is -2.44. The number of carbonyl (C=O) groups is 2. The maximum atomic E-state index is 11.8. The lowest BCUT2D eigenvalue weighted by Gasteiger charge is -2.13. The van der Waals surface area contributed by atoms with E-state index < -0.39 is 6.09 Å². The third kappa shape index (κ3) is 3.06. The van der Waals surface area contributed by atoms with Crippen molar-refractivity contribution < 1.29 is 19.1 Å². The summed E-state index contributed by atoms with van der Waals surface area (Å²) in [7, 11) is 1.53. The Bertz CT molecular complexity index is 504. The lowest BCUT2D eigenvalue weighted by atomic mass is 10.2. The van der Waals surface area contributed by atoms with Crippen molar-refractivity contribution in [2.24, 2.45) is 0 Å². The quantitative estimate of drug-likeness (QED) is 0.780. The van der Waals surface area contributed by atoms with E-state index in [1.165, 1.54) is 12.0 Å². The zero-order valence-corrected chi connectivity index (χ0v) is 10.5. The van der Waals surface area contributed by atoms with Crippen LogP contribution in [-0.2, 0) is 9.53 Å². The highest BCUT2D eigenvalue weighted by molar-refractivity contribution is 5.96. The van der Waals surface area contributed by atoms with Crippen LogP contribution in [0.15, 0.2) is 18.2 Å². The summed E-state index contributed by atoms with van der Waals surface area (Å²) in [6.07, 6.45) is -0.474. The van der Waals surface area contributed by atoms with Crippen LogP contribution >= 0.6 is 0 Å². The number of nitrogen functional groups attached to an aromatic ring is 1. The number of nitrogens with zero attached hydrogens (tertiary/aromatic N) is 1. The number of carbonyl (C=O) groups excluding carboxylic acids is 2. The fourth-order valence-corrected chi connectivity index (χ4v) is 1.71. The standard InChI is InChI=1S/C12H15N3O4/c1-18-8-2-3-10(9(13)6-8)14-11(16)7-15-4-5-19-12(15)17/h2-3,6H,4-5,7,13H2,1H3,(H,14,16). The lowest BCUT2D eigenvalue weighted by Crippen LogP contribution is -2.33.